The van der Waals surface area contributed by atoms with Gasteiger partial charge in [-0.3, -0.25) is 0 Å². The third-order valence-electron chi connectivity index (χ3n) is 8.55. The zero-order valence-corrected chi connectivity index (χ0v) is 31.6. The molecule has 0 spiro atoms. The van der Waals surface area contributed by atoms with Crippen molar-refractivity contribution < 1.29 is 19.4 Å². The number of hydrogen-bond donors (Lipinski definition) is 1. The monoisotopic (exact) mass is 677 g/mol. The predicted octanol–water partition coefficient (Wildman–Crippen LogP) is 14.2. The van der Waals surface area contributed by atoms with Crippen LogP contribution in [0.3, 0.4) is 0 Å². The zero-order chi connectivity index (χ0) is 35.3. The first-order valence-electron chi connectivity index (χ1n) is 20.1. The molecule has 0 saturated carbocycles. The van der Waals surface area contributed by atoms with Crippen LogP contribution in [0.4, 0.5) is 0 Å². The van der Waals surface area contributed by atoms with Gasteiger partial charge in [0.25, 0.3) is 0 Å². The van der Waals surface area contributed by atoms with Crippen LogP contribution < -0.4 is 9.47 Å². The number of rotatable bonds is 34. The molecule has 1 aromatic carbocycles. The predicted molar refractivity (Wildman–Crippen MR) is 213 cm³/mol. The van der Waals surface area contributed by atoms with Gasteiger partial charge in [0, 0.05) is 12.1 Å². The summed E-state index contributed by atoms with van der Waals surface area (Å²) in [6.45, 7) is 5.82. The summed E-state index contributed by atoms with van der Waals surface area (Å²) in [5.74, 6) is 0.515. The second-order valence-corrected chi connectivity index (χ2v) is 13.3. The summed E-state index contributed by atoms with van der Waals surface area (Å²) in [6.07, 6.45) is 50.5. The number of hydrogen-bond acceptors (Lipinski definition) is 3. The Hall–Kier alpha value is -3.01. The smallest absolute Gasteiger partial charge is 0.328 e. The fraction of sp³-hybridized carbons (Fsp3) is 0.622. The molecule has 4 nitrogen and oxygen atoms in total. The van der Waals surface area contributed by atoms with Crippen LogP contribution >= 0.6 is 0 Å². The highest BCUT2D eigenvalue weighted by Gasteiger charge is 2.04. The molecular weight excluding hydrogens is 604 g/mol. The molecule has 0 radical (unpaired) electrons. The summed E-state index contributed by atoms with van der Waals surface area (Å²) < 4.78 is 12.1. The van der Waals surface area contributed by atoms with E-state index < -0.39 is 5.97 Å². The minimum Gasteiger partial charge on any atom is -0.493 e. The molecule has 0 aromatic heterocycles. The Bertz CT molecular complexity index is 980. The van der Waals surface area contributed by atoms with Crippen molar-refractivity contribution in [3.05, 3.63) is 78.4 Å². The highest BCUT2D eigenvalue weighted by molar-refractivity contribution is 5.85. The molecule has 0 unspecified atom stereocenters. The maximum absolute atomic E-state index is 11.1. The van der Waals surface area contributed by atoms with Crippen LogP contribution in [-0.4, -0.2) is 24.3 Å². The third kappa shape index (κ3) is 30.8. The van der Waals surface area contributed by atoms with Crippen LogP contribution in [-0.2, 0) is 4.79 Å². The summed E-state index contributed by atoms with van der Waals surface area (Å²) in [5, 5.41) is 9.08. The minimum absolute atomic E-state index is 0.659. The van der Waals surface area contributed by atoms with E-state index in [0.717, 1.165) is 61.7 Å². The molecule has 0 amide bonds. The Morgan fingerprint density at radius 2 is 0.878 bits per heavy atom. The lowest BCUT2D eigenvalue weighted by Gasteiger charge is -2.11. The van der Waals surface area contributed by atoms with Gasteiger partial charge < -0.3 is 14.6 Å². The van der Waals surface area contributed by atoms with Crippen LogP contribution in [0, 0.1) is 0 Å². The number of carboxylic acid groups (broad SMARTS) is 1. The highest BCUT2D eigenvalue weighted by Crippen LogP contribution is 2.25. The molecule has 0 fully saturated rings. The van der Waals surface area contributed by atoms with Gasteiger partial charge in [0.15, 0.2) is 0 Å². The van der Waals surface area contributed by atoms with Gasteiger partial charge in [-0.2, -0.15) is 0 Å². The second-order valence-electron chi connectivity index (χ2n) is 13.3. The summed E-state index contributed by atoms with van der Waals surface area (Å²) >= 11 is 0. The van der Waals surface area contributed by atoms with Crippen molar-refractivity contribution in [3.8, 4) is 11.5 Å². The van der Waals surface area contributed by atoms with Gasteiger partial charge >= 0.3 is 5.97 Å². The topological polar surface area (TPSA) is 55.8 Å². The Morgan fingerprint density at radius 1 is 0.510 bits per heavy atom. The molecule has 0 aliphatic heterocycles. The quantitative estimate of drug-likeness (QED) is 0.0448. The first kappa shape index (κ1) is 44.0. The Labute approximate surface area is 301 Å². The number of unbranched alkanes of at least 4 members (excludes halogenated alkanes) is 18. The molecule has 1 aromatic rings. The van der Waals surface area contributed by atoms with Crippen molar-refractivity contribution >= 4 is 12.0 Å². The molecule has 0 heterocycles. The van der Waals surface area contributed by atoms with E-state index in [0.29, 0.717) is 13.2 Å². The molecule has 4 heteroatoms. The van der Waals surface area contributed by atoms with Crippen LogP contribution in [0.15, 0.2) is 72.9 Å². The molecular formula is C45H72O4. The van der Waals surface area contributed by atoms with Gasteiger partial charge in [0.2, 0.25) is 0 Å². The van der Waals surface area contributed by atoms with E-state index in [1.54, 1.807) is 6.08 Å². The molecule has 276 valence electrons. The lowest BCUT2D eigenvalue weighted by atomic mass is 10.1. The fourth-order valence-electron chi connectivity index (χ4n) is 5.58. The number of carbonyl (C=O) groups is 1. The number of allylic oxidation sites excluding steroid dienone is 8. The summed E-state index contributed by atoms with van der Waals surface area (Å²) in [5.41, 5.74) is 0.781. The van der Waals surface area contributed by atoms with E-state index >= 15 is 0 Å². The minimum atomic E-state index is -0.962. The number of carboxylic acids is 1. The molecule has 1 N–H and O–H groups in total. The van der Waals surface area contributed by atoms with E-state index in [1.165, 1.54) is 116 Å². The van der Waals surface area contributed by atoms with E-state index in [2.05, 4.69) is 62.5 Å². The Morgan fingerprint density at radius 3 is 1.27 bits per heavy atom. The second kappa shape index (κ2) is 34.8. The van der Waals surface area contributed by atoms with Crippen LogP contribution in [0.5, 0.6) is 11.5 Å². The van der Waals surface area contributed by atoms with Gasteiger partial charge in [-0.15, -0.1) is 0 Å². The standard InChI is InChI=1S/C45H72O4/c1-3-5-7-9-11-13-15-17-19-21-23-25-27-29-31-33-37-48-43-39-42(35-36-45(46)47)40-44(41-43)49-38-34-32-30-28-26-24-22-20-18-16-14-12-10-8-6-4-2/h11-14,17-20,35-36,39-41H,3-10,15-16,21-34,37-38H2,1-2H3,(H,46,47)/b13-11-,14-12-,19-17-,20-18-,36-35?. The molecule has 0 atom stereocenters. The van der Waals surface area contributed by atoms with Crippen molar-refractivity contribution in [3.63, 3.8) is 0 Å². The van der Waals surface area contributed by atoms with E-state index in [1.807, 2.05) is 18.2 Å². The third-order valence-corrected chi connectivity index (χ3v) is 8.55. The highest BCUT2D eigenvalue weighted by atomic mass is 16.5. The number of aliphatic carboxylic acids is 1. The summed E-state index contributed by atoms with van der Waals surface area (Å²) in [7, 11) is 0. The molecule has 0 saturated heterocycles. The van der Waals surface area contributed by atoms with Gasteiger partial charge in [-0.25, -0.2) is 4.79 Å². The molecule has 49 heavy (non-hydrogen) atoms. The summed E-state index contributed by atoms with van der Waals surface area (Å²) in [6, 6.07) is 5.72. The van der Waals surface area contributed by atoms with Crippen LogP contribution in [0.2, 0.25) is 0 Å². The van der Waals surface area contributed by atoms with Crippen LogP contribution in [0.25, 0.3) is 6.08 Å². The van der Waals surface area contributed by atoms with Gasteiger partial charge in [0.1, 0.15) is 11.5 Å². The molecule has 0 aliphatic carbocycles. The Kier molecular flexibility index (Phi) is 31.3. The zero-order valence-electron chi connectivity index (χ0n) is 31.6. The van der Waals surface area contributed by atoms with E-state index in [4.69, 9.17) is 14.6 Å². The van der Waals surface area contributed by atoms with Crippen LogP contribution in [0.1, 0.15) is 174 Å². The number of ether oxygens (including phenoxy) is 2. The van der Waals surface area contributed by atoms with Gasteiger partial charge in [-0.05, 0) is 101 Å². The van der Waals surface area contributed by atoms with Crippen molar-refractivity contribution in [2.24, 2.45) is 0 Å². The van der Waals surface area contributed by atoms with E-state index in [9.17, 15) is 4.79 Å². The molecule has 0 bridgehead atoms. The summed E-state index contributed by atoms with van der Waals surface area (Å²) in [4.78, 5) is 11.1. The number of benzene rings is 1. The average Bonchev–Trinajstić information content (AvgIpc) is 3.10. The lowest BCUT2D eigenvalue weighted by molar-refractivity contribution is -0.131. The maximum Gasteiger partial charge on any atom is 0.328 e. The maximum atomic E-state index is 11.1. The first-order chi connectivity index (χ1) is 24.2. The largest absolute Gasteiger partial charge is 0.493 e. The van der Waals surface area contributed by atoms with Gasteiger partial charge in [0.05, 0.1) is 13.2 Å². The lowest BCUT2D eigenvalue weighted by Crippen LogP contribution is -2.01. The van der Waals surface area contributed by atoms with E-state index in [-0.39, 0.29) is 0 Å². The normalized spacial score (nSPS) is 12.1. The van der Waals surface area contributed by atoms with Gasteiger partial charge in [-0.1, -0.05) is 140 Å². The van der Waals surface area contributed by atoms with Crippen molar-refractivity contribution in [2.75, 3.05) is 13.2 Å². The fourth-order valence-corrected chi connectivity index (χ4v) is 5.58. The molecule has 0 aliphatic rings. The van der Waals surface area contributed by atoms with Crippen molar-refractivity contribution in [2.45, 2.75) is 168 Å². The van der Waals surface area contributed by atoms with Crippen molar-refractivity contribution in [1.29, 1.82) is 0 Å². The SMILES string of the molecule is CCCCC/C=C\C/C=C\CCCCCCCCOc1cc(C=CC(=O)O)cc(OCCCCCCCC/C=C\C/C=C\CCCCC)c1. The first-order valence-corrected chi connectivity index (χ1v) is 20.1. The molecule has 1 rings (SSSR count). The van der Waals surface area contributed by atoms with Crippen molar-refractivity contribution in [1.82, 2.24) is 0 Å². The Balaban J connectivity index is 2.18. The average molecular weight is 677 g/mol.